The molecule has 3 fully saturated rings. The minimum Gasteiger partial charge on any atom is -0.378 e. The van der Waals surface area contributed by atoms with E-state index >= 15 is 0 Å². The van der Waals surface area contributed by atoms with Crippen LogP contribution in [0.2, 0.25) is 0 Å². The van der Waals surface area contributed by atoms with Crippen LogP contribution in [0.15, 0.2) is 30.3 Å². The van der Waals surface area contributed by atoms with Crippen LogP contribution >= 0.6 is 0 Å². The fourth-order valence-corrected chi connectivity index (χ4v) is 5.14. The standard InChI is InChI=1S/C25H37N3O3/c29-23(28-31-24-8-4-5-17-30-24)14-11-20-9-12-22(13-10-20)27-25(15-16-26-19-25)18-21-6-2-1-3-7-21/h9-14,21,24,26-27H,1-8,15-19H2,(H,28,29)/b14-11+/t24?,25-/m0/s1. The van der Waals surface area contributed by atoms with Crippen molar-refractivity contribution in [1.29, 1.82) is 0 Å². The minimum absolute atomic E-state index is 0.164. The predicted molar refractivity (Wildman–Crippen MR) is 123 cm³/mol. The molecule has 6 nitrogen and oxygen atoms in total. The third kappa shape index (κ3) is 6.79. The molecule has 1 aromatic rings. The summed E-state index contributed by atoms with van der Waals surface area (Å²) in [6.45, 7) is 2.81. The second-order valence-corrected chi connectivity index (χ2v) is 9.38. The van der Waals surface area contributed by atoms with Crippen molar-refractivity contribution in [1.82, 2.24) is 10.8 Å². The number of carbonyl (C=O) groups excluding carboxylic acids is 1. The summed E-state index contributed by atoms with van der Waals surface area (Å²) >= 11 is 0. The lowest BCUT2D eigenvalue weighted by Crippen LogP contribution is -2.42. The molecule has 1 aromatic carbocycles. The molecule has 3 aliphatic rings. The average Bonchev–Trinajstić information content (AvgIpc) is 3.26. The van der Waals surface area contributed by atoms with Gasteiger partial charge in [-0.2, -0.15) is 0 Å². The Kier molecular flexibility index (Phi) is 8.00. The molecule has 1 aliphatic carbocycles. The van der Waals surface area contributed by atoms with Crippen molar-refractivity contribution in [2.24, 2.45) is 5.92 Å². The molecule has 0 aromatic heterocycles. The van der Waals surface area contributed by atoms with E-state index in [0.29, 0.717) is 6.61 Å². The summed E-state index contributed by atoms with van der Waals surface area (Å²) in [6.07, 6.45) is 15.3. The van der Waals surface area contributed by atoms with Gasteiger partial charge in [0.1, 0.15) is 0 Å². The predicted octanol–water partition coefficient (Wildman–Crippen LogP) is 4.39. The van der Waals surface area contributed by atoms with Gasteiger partial charge >= 0.3 is 0 Å². The van der Waals surface area contributed by atoms with Crippen LogP contribution in [0.5, 0.6) is 0 Å². The molecule has 1 unspecified atom stereocenters. The number of hydrogen-bond donors (Lipinski definition) is 3. The van der Waals surface area contributed by atoms with E-state index in [4.69, 9.17) is 9.57 Å². The van der Waals surface area contributed by atoms with Gasteiger partial charge in [0, 0.05) is 31.3 Å². The van der Waals surface area contributed by atoms with Gasteiger partial charge in [0.05, 0.1) is 5.54 Å². The molecule has 2 heterocycles. The monoisotopic (exact) mass is 427 g/mol. The lowest BCUT2D eigenvalue weighted by Gasteiger charge is -2.36. The maximum absolute atomic E-state index is 12.0. The molecule has 4 rings (SSSR count). The average molecular weight is 428 g/mol. The number of amides is 1. The highest BCUT2D eigenvalue weighted by molar-refractivity contribution is 5.91. The second-order valence-electron chi connectivity index (χ2n) is 9.38. The zero-order chi connectivity index (χ0) is 21.4. The van der Waals surface area contributed by atoms with Crippen molar-refractivity contribution in [2.75, 3.05) is 25.0 Å². The maximum Gasteiger partial charge on any atom is 0.267 e. The Labute approximate surface area is 186 Å². The highest BCUT2D eigenvalue weighted by Crippen LogP contribution is 2.35. The zero-order valence-corrected chi connectivity index (χ0v) is 18.5. The molecule has 2 saturated heterocycles. The van der Waals surface area contributed by atoms with E-state index in [1.54, 1.807) is 6.08 Å². The van der Waals surface area contributed by atoms with Gasteiger partial charge in [-0.05, 0) is 61.9 Å². The van der Waals surface area contributed by atoms with Crippen molar-refractivity contribution in [3.05, 3.63) is 35.9 Å². The van der Waals surface area contributed by atoms with Gasteiger partial charge in [0.15, 0.2) is 6.29 Å². The summed E-state index contributed by atoms with van der Waals surface area (Å²) in [6, 6.07) is 8.33. The number of anilines is 1. The van der Waals surface area contributed by atoms with Crippen LogP contribution in [0.4, 0.5) is 5.69 Å². The Morgan fingerprint density at radius 3 is 2.65 bits per heavy atom. The number of rotatable bonds is 8. The van der Waals surface area contributed by atoms with Crippen LogP contribution in [0.1, 0.15) is 69.8 Å². The first kappa shape index (κ1) is 22.3. The Bertz CT molecular complexity index is 716. The van der Waals surface area contributed by atoms with E-state index in [0.717, 1.165) is 49.5 Å². The molecule has 0 spiro atoms. The van der Waals surface area contributed by atoms with Crippen molar-refractivity contribution < 1.29 is 14.4 Å². The number of nitrogens with one attached hydrogen (secondary N) is 3. The van der Waals surface area contributed by atoms with Crippen LogP contribution in [0.25, 0.3) is 6.08 Å². The van der Waals surface area contributed by atoms with E-state index in [1.807, 2.05) is 12.1 Å². The summed E-state index contributed by atoms with van der Waals surface area (Å²) < 4.78 is 5.44. The molecule has 0 radical (unpaired) electrons. The van der Waals surface area contributed by atoms with Crippen molar-refractivity contribution >= 4 is 17.7 Å². The van der Waals surface area contributed by atoms with E-state index in [9.17, 15) is 4.79 Å². The molecule has 31 heavy (non-hydrogen) atoms. The molecular formula is C25H37N3O3. The highest BCUT2D eigenvalue weighted by atomic mass is 16.8. The van der Waals surface area contributed by atoms with Gasteiger partial charge < -0.3 is 15.4 Å². The summed E-state index contributed by atoms with van der Waals surface area (Å²) in [4.78, 5) is 17.3. The van der Waals surface area contributed by atoms with Gasteiger partial charge in [0.2, 0.25) is 0 Å². The van der Waals surface area contributed by atoms with Crippen LogP contribution in [-0.4, -0.2) is 37.4 Å². The Hall–Kier alpha value is -1.89. The van der Waals surface area contributed by atoms with Crippen molar-refractivity contribution in [3.8, 4) is 0 Å². The quantitative estimate of drug-likeness (QED) is 0.424. The van der Waals surface area contributed by atoms with E-state index < -0.39 is 0 Å². The number of benzene rings is 1. The Balaban J connectivity index is 1.27. The first-order valence-corrected chi connectivity index (χ1v) is 12.1. The largest absolute Gasteiger partial charge is 0.378 e. The lowest BCUT2D eigenvalue weighted by atomic mass is 9.78. The SMILES string of the molecule is O=C(/C=C/c1ccc(N[C@]2(CC3CCCCC3)CCNC2)cc1)NOC1CCCCO1. The topological polar surface area (TPSA) is 71.6 Å². The van der Waals surface area contributed by atoms with Gasteiger partial charge in [0.25, 0.3) is 5.91 Å². The van der Waals surface area contributed by atoms with Crippen molar-refractivity contribution in [2.45, 2.75) is 76.0 Å². The number of hydrogen-bond acceptors (Lipinski definition) is 5. The van der Waals surface area contributed by atoms with Crippen LogP contribution < -0.4 is 16.1 Å². The van der Waals surface area contributed by atoms with Gasteiger partial charge in [-0.1, -0.05) is 44.2 Å². The number of carbonyl (C=O) groups is 1. The molecule has 0 bridgehead atoms. The molecule has 170 valence electrons. The van der Waals surface area contributed by atoms with E-state index in [2.05, 4.69) is 28.2 Å². The molecule has 2 atom stereocenters. The second kappa shape index (κ2) is 11.1. The van der Waals surface area contributed by atoms with Gasteiger partial charge in [-0.15, -0.1) is 0 Å². The van der Waals surface area contributed by atoms with Gasteiger partial charge in [-0.3, -0.25) is 4.79 Å². The minimum atomic E-state index is -0.331. The smallest absolute Gasteiger partial charge is 0.267 e. The number of ether oxygens (including phenoxy) is 1. The molecule has 3 N–H and O–H groups in total. The fourth-order valence-electron chi connectivity index (χ4n) is 5.14. The van der Waals surface area contributed by atoms with E-state index in [-0.39, 0.29) is 17.7 Å². The van der Waals surface area contributed by atoms with Gasteiger partial charge in [-0.25, -0.2) is 10.3 Å². The summed E-state index contributed by atoms with van der Waals surface area (Å²) in [5, 5.41) is 7.41. The lowest BCUT2D eigenvalue weighted by molar-refractivity contribution is -0.198. The molecule has 1 saturated carbocycles. The molecular weight excluding hydrogens is 390 g/mol. The summed E-state index contributed by atoms with van der Waals surface area (Å²) in [5.41, 5.74) is 4.76. The molecule has 6 heteroatoms. The van der Waals surface area contributed by atoms with Crippen LogP contribution in [-0.2, 0) is 14.4 Å². The molecule has 2 aliphatic heterocycles. The summed E-state index contributed by atoms with van der Waals surface area (Å²) in [5.74, 6) is 0.572. The third-order valence-corrected chi connectivity index (χ3v) is 6.82. The maximum atomic E-state index is 12.0. The first-order valence-electron chi connectivity index (χ1n) is 12.1. The van der Waals surface area contributed by atoms with Crippen LogP contribution in [0.3, 0.4) is 0 Å². The highest BCUT2D eigenvalue weighted by Gasteiger charge is 2.36. The molecule has 1 amide bonds. The van der Waals surface area contributed by atoms with E-state index in [1.165, 1.54) is 51.0 Å². The summed E-state index contributed by atoms with van der Waals surface area (Å²) in [7, 11) is 0. The Morgan fingerprint density at radius 2 is 1.94 bits per heavy atom. The normalized spacial score (nSPS) is 27.4. The van der Waals surface area contributed by atoms with Crippen LogP contribution in [0, 0.1) is 5.92 Å². The zero-order valence-electron chi connectivity index (χ0n) is 18.5. The van der Waals surface area contributed by atoms with Crippen molar-refractivity contribution in [3.63, 3.8) is 0 Å². The third-order valence-electron chi connectivity index (χ3n) is 6.82. The first-order chi connectivity index (χ1) is 15.2. The fraction of sp³-hybridized carbons (Fsp3) is 0.640. The number of hydroxylamine groups is 1. The Morgan fingerprint density at radius 1 is 1.13 bits per heavy atom.